The first kappa shape index (κ1) is 19.5. The number of hydrogen-bond acceptors (Lipinski definition) is 4. The molecule has 2 amide bonds. The second kappa shape index (κ2) is 7.89. The Bertz CT molecular complexity index is 895. The molecule has 2 aromatic heterocycles. The third kappa shape index (κ3) is 3.61. The molecule has 29 heavy (non-hydrogen) atoms. The molecule has 2 aliphatic rings. The number of hydrogen-bond donors (Lipinski definition) is 1. The van der Waals surface area contributed by atoms with Crippen molar-refractivity contribution >= 4 is 11.8 Å². The van der Waals surface area contributed by atoms with Crippen LogP contribution in [0.5, 0.6) is 0 Å². The molecule has 1 aliphatic carbocycles. The molecule has 0 radical (unpaired) electrons. The Labute approximate surface area is 170 Å². The zero-order chi connectivity index (χ0) is 20.4. The van der Waals surface area contributed by atoms with Crippen LogP contribution in [0.2, 0.25) is 0 Å². The van der Waals surface area contributed by atoms with E-state index < -0.39 is 5.54 Å². The Hall–Kier alpha value is -2.83. The van der Waals surface area contributed by atoms with Gasteiger partial charge in [-0.2, -0.15) is 5.10 Å². The first-order valence-corrected chi connectivity index (χ1v) is 10.4. The SMILES string of the molecule is C=CCCN1C(=O)c2cc(-c3ccco3)nn2CC1(C)C(=O)NC1CCCCC1. The maximum Gasteiger partial charge on any atom is 0.273 e. The summed E-state index contributed by atoms with van der Waals surface area (Å²) >= 11 is 0. The molecule has 2 aromatic rings. The number of rotatable bonds is 6. The lowest BCUT2D eigenvalue weighted by atomic mass is 9.91. The molecule has 1 N–H and O–H groups in total. The lowest BCUT2D eigenvalue weighted by Crippen LogP contribution is -2.65. The third-order valence-corrected chi connectivity index (χ3v) is 6.06. The van der Waals surface area contributed by atoms with Gasteiger partial charge in [-0.05, 0) is 38.3 Å². The van der Waals surface area contributed by atoms with Crippen molar-refractivity contribution in [2.24, 2.45) is 0 Å². The van der Waals surface area contributed by atoms with Crippen molar-refractivity contribution in [3.8, 4) is 11.5 Å². The van der Waals surface area contributed by atoms with Crippen LogP contribution in [0, 0.1) is 0 Å². The minimum Gasteiger partial charge on any atom is -0.463 e. The molecule has 1 unspecified atom stereocenters. The number of aromatic nitrogens is 2. The maximum absolute atomic E-state index is 13.4. The predicted octanol–water partition coefficient (Wildman–Crippen LogP) is 3.38. The van der Waals surface area contributed by atoms with Gasteiger partial charge in [0.15, 0.2) is 5.76 Å². The van der Waals surface area contributed by atoms with E-state index in [1.807, 2.05) is 13.0 Å². The molecule has 1 aliphatic heterocycles. The van der Waals surface area contributed by atoms with Crippen LogP contribution in [0.25, 0.3) is 11.5 Å². The minimum absolute atomic E-state index is 0.109. The van der Waals surface area contributed by atoms with Crippen molar-refractivity contribution in [1.82, 2.24) is 20.0 Å². The van der Waals surface area contributed by atoms with E-state index in [2.05, 4.69) is 17.0 Å². The van der Waals surface area contributed by atoms with Crippen LogP contribution in [0.15, 0.2) is 41.5 Å². The largest absolute Gasteiger partial charge is 0.463 e. The van der Waals surface area contributed by atoms with E-state index in [9.17, 15) is 9.59 Å². The minimum atomic E-state index is -1.00. The molecule has 7 nitrogen and oxygen atoms in total. The number of nitrogens with zero attached hydrogens (tertiary/aromatic N) is 3. The average Bonchev–Trinajstić information content (AvgIpc) is 3.38. The molecule has 0 saturated heterocycles. The van der Waals surface area contributed by atoms with E-state index in [1.165, 1.54) is 6.42 Å². The van der Waals surface area contributed by atoms with E-state index in [0.717, 1.165) is 25.7 Å². The lowest BCUT2D eigenvalue weighted by molar-refractivity contribution is -0.134. The summed E-state index contributed by atoms with van der Waals surface area (Å²) in [5.74, 6) is 0.304. The number of amides is 2. The van der Waals surface area contributed by atoms with Gasteiger partial charge in [-0.3, -0.25) is 14.3 Å². The Kier molecular flexibility index (Phi) is 5.30. The summed E-state index contributed by atoms with van der Waals surface area (Å²) in [5.41, 5.74) is 0.0687. The standard InChI is InChI=1S/C22H28N4O3/c1-3-4-12-25-20(27)18-14-17(19-11-8-13-29-19)24-26(18)15-22(25,2)21(28)23-16-9-6-5-7-10-16/h3,8,11,13-14,16H,1,4-7,9-10,12,15H2,2H3,(H,23,28). The van der Waals surface area contributed by atoms with Gasteiger partial charge >= 0.3 is 0 Å². The molecule has 4 rings (SSSR count). The highest BCUT2D eigenvalue weighted by Gasteiger charge is 2.48. The van der Waals surface area contributed by atoms with Gasteiger partial charge in [-0.15, -0.1) is 6.58 Å². The molecule has 0 aromatic carbocycles. The van der Waals surface area contributed by atoms with E-state index in [1.54, 1.807) is 34.1 Å². The fourth-order valence-corrected chi connectivity index (χ4v) is 4.34. The van der Waals surface area contributed by atoms with Gasteiger partial charge in [-0.1, -0.05) is 25.3 Å². The Balaban J connectivity index is 1.65. The average molecular weight is 396 g/mol. The molecule has 0 bridgehead atoms. The number of carbonyl (C=O) groups excluding carboxylic acids is 2. The highest BCUT2D eigenvalue weighted by molar-refractivity contribution is 6.00. The van der Waals surface area contributed by atoms with Gasteiger partial charge in [-0.25, -0.2) is 0 Å². The second-order valence-electron chi connectivity index (χ2n) is 8.17. The first-order valence-electron chi connectivity index (χ1n) is 10.4. The summed E-state index contributed by atoms with van der Waals surface area (Å²) in [4.78, 5) is 28.4. The first-order chi connectivity index (χ1) is 14.0. The molecule has 1 fully saturated rings. The van der Waals surface area contributed by atoms with E-state index in [0.29, 0.717) is 36.7 Å². The van der Waals surface area contributed by atoms with Crippen molar-refractivity contribution in [3.05, 3.63) is 42.8 Å². The second-order valence-corrected chi connectivity index (χ2v) is 8.17. The third-order valence-electron chi connectivity index (χ3n) is 6.06. The van der Waals surface area contributed by atoms with Gasteiger partial charge in [0.05, 0.1) is 12.8 Å². The molecule has 7 heteroatoms. The van der Waals surface area contributed by atoms with Crippen LogP contribution in [-0.4, -0.2) is 44.6 Å². The summed E-state index contributed by atoms with van der Waals surface area (Å²) in [6, 6.07) is 5.51. The summed E-state index contributed by atoms with van der Waals surface area (Å²) < 4.78 is 7.07. The fraction of sp³-hybridized carbons (Fsp3) is 0.500. The van der Waals surface area contributed by atoms with Crippen LogP contribution in [0.3, 0.4) is 0 Å². The van der Waals surface area contributed by atoms with Gasteiger partial charge in [0.2, 0.25) is 5.91 Å². The number of nitrogens with one attached hydrogen (secondary N) is 1. The van der Waals surface area contributed by atoms with Gasteiger partial charge in [0.25, 0.3) is 5.91 Å². The van der Waals surface area contributed by atoms with Crippen LogP contribution in [0.4, 0.5) is 0 Å². The summed E-state index contributed by atoms with van der Waals surface area (Å²) in [6.45, 7) is 6.36. The number of furan rings is 1. The van der Waals surface area contributed by atoms with Crippen molar-refractivity contribution in [1.29, 1.82) is 0 Å². The van der Waals surface area contributed by atoms with Crippen LogP contribution < -0.4 is 5.32 Å². The smallest absolute Gasteiger partial charge is 0.273 e. The van der Waals surface area contributed by atoms with Crippen molar-refractivity contribution in [2.45, 2.75) is 63.6 Å². The van der Waals surface area contributed by atoms with Gasteiger partial charge in [0.1, 0.15) is 16.9 Å². The molecule has 1 saturated carbocycles. The molecule has 3 heterocycles. The zero-order valence-corrected chi connectivity index (χ0v) is 16.9. The maximum atomic E-state index is 13.4. The zero-order valence-electron chi connectivity index (χ0n) is 16.9. The van der Waals surface area contributed by atoms with Crippen molar-refractivity contribution in [3.63, 3.8) is 0 Å². The highest BCUT2D eigenvalue weighted by atomic mass is 16.3. The quantitative estimate of drug-likeness (QED) is 0.759. The molecule has 154 valence electrons. The summed E-state index contributed by atoms with van der Waals surface area (Å²) in [7, 11) is 0. The Morgan fingerprint density at radius 3 is 2.90 bits per heavy atom. The van der Waals surface area contributed by atoms with Crippen LogP contribution >= 0.6 is 0 Å². The highest BCUT2D eigenvalue weighted by Crippen LogP contribution is 2.31. The lowest BCUT2D eigenvalue weighted by Gasteiger charge is -2.44. The molecule has 0 spiro atoms. The van der Waals surface area contributed by atoms with Crippen LogP contribution in [0.1, 0.15) is 55.9 Å². The van der Waals surface area contributed by atoms with Gasteiger partial charge in [0, 0.05) is 18.7 Å². The van der Waals surface area contributed by atoms with E-state index in [-0.39, 0.29) is 17.9 Å². The van der Waals surface area contributed by atoms with E-state index >= 15 is 0 Å². The Morgan fingerprint density at radius 2 is 2.21 bits per heavy atom. The van der Waals surface area contributed by atoms with Crippen molar-refractivity contribution in [2.75, 3.05) is 6.54 Å². The monoisotopic (exact) mass is 396 g/mol. The topological polar surface area (TPSA) is 80.4 Å². The van der Waals surface area contributed by atoms with Crippen LogP contribution in [-0.2, 0) is 11.3 Å². The number of fused-ring (bicyclic) bond motifs is 1. The van der Waals surface area contributed by atoms with E-state index in [4.69, 9.17) is 4.42 Å². The normalized spacial score (nSPS) is 22.4. The fourth-order valence-electron chi connectivity index (χ4n) is 4.34. The molecular formula is C22H28N4O3. The van der Waals surface area contributed by atoms with Crippen molar-refractivity contribution < 1.29 is 14.0 Å². The summed E-state index contributed by atoms with van der Waals surface area (Å²) in [6.07, 6.45) is 9.46. The predicted molar refractivity (Wildman–Crippen MR) is 109 cm³/mol. The van der Waals surface area contributed by atoms with Gasteiger partial charge < -0.3 is 14.6 Å². The Morgan fingerprint density at radius 1 is 1.41 bits per heavy atom. The summed E-state index contributed by atoms with van der Waals surface area (Å²) in [5, 5.41) is 7.76. The molecular weight excluding hydrogens is 368 g/mol. The number of carbonyl (C=O) groups is 2. The molecule has 1 atom stereocenters.